The Morgan fingerprint density at radius 2 is 1.62 bits per heavy atom. The first-order valence-electron chi connectivity index (χ1n) is 14.5. The minimum atomic E-state index is -2.89. The zero-order chi connectivity index (χ0) is 30.1. The van der Waals surface area contributed by atoms with Gasteiger partial charge in [-0.3, -0.25) is 4.79 Å². The summed E-state index contributed by atoms with van der Waals surface area (Å²) in [6, 6.07) is 20.9. The van der Waals surface area contributed by atoms with Crippen molar-refractivity contribution in [1.29, 1.82) is 0 Å². The number of amides is 1. The molecule has 0 saturated carbocycles. The first-order valence-corrected chi connectivity index (χ1v) is 16.8. The van der Waals surface area contributed by atoms with Crippen molar-refractivity contribution >= 4 is 53.0 Å². The summed E-state index contributed by atoms with van der Waals surface area (Å²) in [6.07, 6.45) is -0.0156. The summed E-state index contributed by atoms with van der Waals surface area (Å²) in [5, 5.41) is 9.33. The van der Waals surface area contributed by atoms with E-state index in [0.717, 1.165) is 5.69 Å². The van der Waals surface area contributed by atoms with Crippen molar-refractivity contribution in [3.05, 3.63) is 77.1 Å². The molecular weight excluding hydrogens is 568 g/mol. The maximum absolute atomic E-state index is 12.9. The van der Waals surface area contributed by atoms with Gasteiger partial charge < -0.3 is 23.9 Å². The van der Waals surface area contributed by atoms with E-state index in [-0.39, 0.29) is 41.0 Å². The predicted octanol–water partition coefficient (Wildman–Crippen LogP) is 5.32. The van der Waals surface area contributed by atoms with E-state index < -0.39 is 8.32 Å². The van der Waals surface area contributed by atoms with Gasteiger partial charge in [0.15, 0.2) is 5.69 Å². The Balaban J connectivity index is 1.69. The molecular formula is C32H39ClN4O4Si. The fourth-order valence-electron chi connectivity index (χ4n) is 6.07. The third-order valence-corrected chi connectivity index (χ3v) is 13.1. The smallest absolute Gasteiger partial charge is 0.275 e. The van der Waals surface area contributed by atoms with Crippen LogP contribution >= 0.6 is 11.6 Å². The Hall–Kier alpha value is -3.24. The Morgan fingerprint density at radius 1 is 1.05 bits per heavy atom. The second-order valence-electron chi connectivity index (χ2n) is 11.9. The van der Waals surface area contributed by atoms with E-state index in [1.165, 1.54) is 10.4 Å². The number of nitrogens with one attached hydrogen (secondary N) is 1. The number of nitrogens with zero attached hydrogens (tertiary/aromatic N) is 3. The topological polar surface area (TPSA) is 89.7 Å². The third-order valence-electron chi connectivity index (χ3n) is 7.73. The first-order chi connectivity index (χ1) is 20.1. The van der Waals surface area contributed by atoms with E-state index in [2.05, 4.69) is 84.7 Å². The van der Waals surface area contributed by atoms with Gasteiger partial charge >= 0.3 is 0 Å². The van der Waals surface area contributed by atoms with Crippen molar-refractivity contribution in [2.75, 3.05) is 24.5 Å². The van der Waals surface area contributed by atoms with Crippen LogP contribution < -0.4 is 20.6 Å². The lowest BCUT2D eigenvalue weighted by Crippen LogP contribution is -2.66. The molecule has 1 N–H and O–H groups in total. The first kappa shape index (κ1) is 30.2. The molecule has 1 aliphatic rings. The summed E-state index contributed by atoms with van der Waals surface area (Å²) in [5.74, 6) is -0.361. The average molecular weight is 607 g/mol. The molecule has 4 aromatic rings. The van der Waals surface area contributed by atoms with Gasteiger partial charge in [-0.25, -0.2) is 4.98 Å². The fraction of sp³-hybridized carbons (Fsp3) is 0.406. The van der Waals surface area contributed by atoms with E-state index >= 15 is 0 Å². The van der Waals surface area contributed by atoms with E-state index in [9.17, 15) is 4.79 Å². The summed E-state index contributed by atoms with van der Waals surface area (Å²) < 4.78 is 18.9. The van der Waals surface area contributed by atoms with Crippen LogP contribution in [0.4, 0.5) is 5.69 Å². The lowest BCUT2D eigenvalue weighted by molar-refractivity contribution is -0.00532. The number of hydrogen-bond acceptors (Lipinski definition) is 7. The standard InChI is InChI=1S/C32H39ClN4O4Si/c1-7-34-31(38)28-27-30(41-36-28)26(33)29(37-18-21(2)40-22(3)19-37)25(35-27)20-39-42(32(4,5)6,23-14-10-8-11-15-23)24-16-12-9-13-17-24/h8-17,21-22H,7,18-20H2,1-6H3,(H,34,38)/t21-,22+. The van der Waals surface area contributed by atoms with Gasteiger partial charge in [-0.05, 0) is 36.2 Å². The summed E-state index contributed by atoms with van der Waals surface area (Å²) in [7, 11) is -2.89. The van der Waals surface area contributed by atoms with Crippen LogP contribution in [0, 0.1) is 0 Å². The maximum atomic E-state index is 12.9. The molecule has 0 aliphatic carbocycles. The number of anilines is 1. The SMILES string of the molecule is CCNC(=O)c1noc2c(Cl)c(N3C[C@@H](C)O[C@@H](C)C3)c(CO[Si](c3ccccc3)(c3ccccc3)C(C)(C)C)nc12. The third kappa shape index (κ3) is 5.58. The Labute approximate surface area is 253 Å². The van der Waals surface area contributed by atoms with Crippen molar-refractivity contribution in [1.82, 2.24) is 15.5 Å². The highest BCUT2D eigenvalue weighted by molar-refractivity contribution is 6.99. The second kappa shape index (κ2) is 12.2. The Bertz CT molecular complexity index is 1490. The minimum Gasteiger partial charge on any atom is -0.401 e. The Kier molecular flexibility index (Phi) is 8.75. The molecule has 1 amide bonds. The van der Waals surface area contributed by atoms with Gasteiger partial charge in [0.2, 0.25) is 5.58 Å². The van der Waals surface area contributed by atoms with Crippen molar-refractivity contribution in [3.8, 4) is 0 Å². The highest BCUT2D eigenvalue weighted by atomic mass is 35.5. The number of fused-ring (bicyclic) bond motifs is 1. The summed E-state index contributed by atoms with van der Waals surface area (Å²) in [5.41, 5.74) is 2.08. The van der Waals surface area contributed by atoms with Crippen LogP contribution in [-0.4, -0.2) is 56.2 Å². The van der Waals surface area contributed by atoms with Gasteiger partial charge in [0.1, 0.15) is 10.5 Å². The summed E-state index contributed by atoms with van der Waals surface area (Å²) >= 11 is 7.11. The van der Waals surface area contributed by atoms with Gasteiger partial charge in [0.25, 0.3) is 14.2 Å². The predicted molar refractivity (Wildman–Crippen MR) is 169 cm³/mol. The van der Waals surface area contributed by atoms with Gasteiger partial charge in [-0.1, -0.05) is 98.2 Å². The van der Waals surface area contributed by atoms with Crippen molar-refractivity contribution in [2.24, 2.45) is 0 Å². The van der Waals surface area contributed by atoms with E-state index in [1.54, 1.807) is 0 Å². The molecule has 3 heterocycles. The van der Waals surface area contributed by atoms with E-state index in [4.69, 9.17) is 30.3 Å². The zero-order valence-electron chi connectivity index (χ0n) is 25.1. The van der Waals surface area contributed by atoms with Gasteiger partial charge in [0.05, 0.1) is 30.2 Å². The molecule has 42 heavy (non-hydrogen) atoms. The minimum absolute atomic E-state index is 0.00780. The summed E-state index contributed by atoms with van der Waals surface area (Å²) in [4.78, 5) is 20.1. The largest absolute Gasteiger partial charge is 0.401 e. The zero-order valence-corrected chi connectivity index (χ0v) is 26.9. The number of rotatable bonds is 8. The number of aromatic nitrogens is 2. The number of carbonyl (C=O) groups excluding carboxylic acids is 1. The number of benzene rings is 2. The van der Waals surface area contributed by atoms with Crippen LogP contribution in [0.5, 0.6) is 0 Å². The number of carbonyl (C=O) groups is 1. The highest BCUT2D eigenvalue weighted by Crippen LogP contribution is 2.41. The molecule has 5 rings (SSSR count). The van der Waals surface area contributed by atoms with Crippen LogP contribution in [0.2, 0.25) is 10.1 Å². The van der Waals surface area contributed by atoms with Crippen LogP contribution in [0.25, 0.3) is 11.1 Å². The van der Waals surface area contributed by atoms with E-state index in [1.807, 2.05) is 32.9 Å². The monoisotopic (exact) mass is 606 g/mol. The molecule has 2 aromatic heterocycles. The highest BCUT2D eigenvalue weighted by Gasteiger charge is 2.50. The molecule has 0 bridgehead atoms. The van der Waals surface area contributed by atoms with Crippen LogP contribution in [0.3, 0.4) is 0 Å². The molecule has 2 atom stereocenters. The van der Waals surface area contributed by atoms with Crippen molar-refractivity contribution < 1.29 is 18.5 Å². The molecule has 10 heteroatoms. The van der Waals surface area contributed by atoms with Gasteiger partial charge in [0, 0.05) is 19.6 Å². The van der Waals surface area contributed by atoms with Crippen molar-refractivity contribution in [2.45, 2.75) is 65.4 Å². The molecule has 222 valence electrons. The lowest BCUT2D eigenvalue weighted by atomic mass is 10.1. The molecule has 0 radical (unpaired) electrons. The maximum Gasteiger partial charge on any atom is 0.275 e. The quantitative estimate of drug-likeness (QED) is 0.272. The number of hydrogen-bond donors (Lipinski definition) is 1. The normalized spacial score (nSPS) is 17.9. The molecule has 2 aromatic carbocycles. The number of ether oxygens (including phenoxy) is 1. The molecule has 0 spiro atoms. The van der Waals surface area contributed by atoms with Crippen LogP contribution in [0.15, 0.2) is 65.2 Å². The van der Waals surface area contributed by atoms with Crippen molar-refractivity contribution in [3.63, 3.8) is 0 Å². The van der Waals surface area contributed by atoms with Crippen LogP contribution in [-0.2, 0) is 15.8 Å². The number of morpholine rings is 1. The molecule has 1 aliphatic heterocycles. The van der Waals surface area contributed by atoms with Gasteiger partial charge in [-0.2, -0.15) is 0 Å². The molecule has 8 nitrogen and oxygen atoms in total. The van der Waals surface area contributed by atoms with Gasteiger partial charge in [-0.15, -0.1) is 0 Å². The fourth-order valence-corrected chi connectivity index (χ4v) is 10.9. The molecule has 0 unspecified atom stereocenters. The van der Waals surface area contributed by atoms with Crippen LogP contribution in [0.1, 0.15) is 57.7 Å². The molecule has 1 saturated heterocycles. The Morgan fingerprint density at radius 3 is 2.14 bits per heavy atom. The number of pyridine rings is 1. The average Bonchev–Trinajstić information content (AvgIpc) is 3.38. The number of halogens is 1. The summed E-state index contributed by atoms with van der Waals surface area (Å²) in [6.45, 7) is 14.5. The second-order valence-corrected chi connectivity index (χ2v) is 16.6. The lowest BCUT2D eigenvalue weighted by Gasteiger charge is -2.43. The van der Waals surface area contributed by atoms with E-state index in [0.29, 0.717) is 35.9 Å². The molecule has 1 fully saturated rings.